The Kier molecular flexibility index (Phi) is 7.60. The fraction of sp³-hybridized carbons (Fsp3) is 0.318. The number of anilines is 1. The highest BCUT2D eigenvalue weighted by molar-refractivity contribution is 8.15. The van der Waals surface area contributed by atoms with Gasteiger partial charge in [0.05, 0.1) is 23.8 Å². The minimum atomic E-state index is -0.645. The molecular weight excluding hydrogens is 432 g/mol. The topological polar surface area (TPSA) is 114 Å². The molecule has 0 radical (unpaired) electrons. The molecule has 1 heterocycles. The molecule has 1 aliphatic heterocycles. The number of nitrogens with zero attached hydrogens (tertiary/aromatic N) is 3. The van der Waals surface area contributed by atoms with Crippen molar-refractivity contribution in [3.8, 4) is 0 Å². The van der Waals surface area contributed by atoms with Crippen LogP contribution >= 0.6 is 11.8 Å². The summed E-state index contributed by atoms with van der Waals surface area (Å²) in [6, 6.07) is 11.5. The molecule has 2 amide bonds. The summed E-state index contributed by atoms with van der Waals surface area (Å²) in [6.07, 6.45) is -0.0819. The fourth-order valence-electron chi connectivity index (χ4n) is 3.27. The second-order valence-corrected chi connectivity index (χ2v) is 8.45. The standard InChI is InChI=1S/C22H24N4O5S/c1-14-6-4-7-15(2)20(14)24-22-25(10-11-31-3)21(28)18(32-22)13-19(27)23-16-8-5-9-17(12-16)26(29)30/h4-9,12,18H,10-11,13H2,1-3H3,(H,23,27). The number of thioether (sulfide) groups is 1. The van der Waals surface area contributed by atoms with E-state index in [1.807, 2.05) is 32.0 Å². The molecular formula is C22H24N4O5S. The van der Waals surface area contributed by atoms with E-state index in [4.69, 9.17) is 9.73 Å². The van der Waals surface area contributed by atoms with E-state index in [1.165, 1.54) is 30.0 Å². The predicted molar refractivity (Wildman–Crippen MR) is 124 cm³/mol. The molecule has 10 heteroatoms. The van der Waals surface area contributed by atoms with Crippen LogP contribution in [-0.4, -0.2) is 52.3 Å². The van der Waals surface area contributed by atoms with Crippen molar-refractivity contribution in [3.05, 3.63) is 63.7 Å². The lowest BCUT2D eigenvalue weighted by atomic mass is 10.1. The van der Waals surface area contributed by atoms with Crippen molar-refractivity contribution < 1.29 is 19.2 Å². The molecule has 168 valence electrons. The molecule has 1 atom stereocenters. The van der Waals surface area contributed by atoms with Crippen molar-refractivity contribution >= 4 is 45.8 Å². The lowest BCUT2D eigenvalue weighted by Gasteiger charge is -2.16. The van der Waals surface area contributed by atoms with E-state index in [0.717, 1.165) is 16.8 Å². The van der Waals surface area contributed by atoms with Crippen LogP contribution < -0.4 is 5.32 Å². The second-order valence-electron chi connectivity index (χ2n) is 7.28. The summed E-state index contributed by atoms with van der Waals surface area (Å²) in [5.41, 5.74) is 2.96. The number of non-ortho nitro benzene ring substituents is 1. The molecule has 1 fully saturated rings. The number of hydrogen-bond acceptors (Lipinski definition) is 7. The predicted octanol–water partition coefficient (Wildman–Crippen LogP) is 3.82. The summed E-state index contributed by atoms with van der Waals surface area (Å²) in [5, 5.41) is 13.4. The summed E-state index contributed by atoms with van der Waals surface area (Å²) in [6.45, 7) is 4.58. The number of rotatable bonds is 8. The number of hydrogen-bond donors (Lipinski definition) is 1. The molecule has 2 aromatic rings. The lowest BCUT2D eigenvalue weighted by Crippen LogP contribution is -2.35. The fourth-order valence-corrected chi connectivity index (χ4v) is 4.44. The van der Waals surface area contributed by atoms with E-state index in [0.29, 0.717) is 24.0 Å². The van der Waals surface area contributed by atoms with Crippen LogP contribution in [0, 0.1) is 24.0 Å². The van der Waals surface area contributed by atoms with Crippen LogP contribution in [-0.2, 0) is 14.3 Å². The molecule has 3 rings (SSSR count). The number of aryl methyl sites for hydroxylation is 2. The van der Waals surface area contributed by atoms with Crippen LogP contribution in [0.1, 0.15) is 17.5 Å². The van der Waals surface area contributed by atoms with Gasteiger partial charge in [-0.2, -0.15) is 0 Å². The zero-order valence-corrected chi connectivity index (χ0v) is 18.8. The molecule has 1 saturated heterocycles. The van der Waals surface area contributed by atoms with Crippen LogP contribution in [0.15, 0.2) is 47.5 Å². The number of nitro benzene ring substituents is 1. The van der Waals surface area contributed by atoms with Gasteiger partial charge in [-0.1, -0.05) is 36.0 Å². The third-order valence-corrected chi connectivity index (χ3v) is 6.07. The number of nitro groups is 1. The number of amidine groups is 1. The Morgan fingerprint density at radius 1 is 1.25 bits per heavy atom. The highest BCUT2D eigenvalue weighted by Gasteiger charge is 2.39. The number of nitrogens with one attached hydrogen (secondary N) is 1. The molecule has 2 aromatic carbocycles. The maximum Gasteiger partial charge on any atom is 0.271 e. The molecule has 32 heavy (non-hydrogen) atoms. The van der Waals surface area contributed by atoms with Gasteiger partial charge in [0.25, 0.3) is 5.69 Å². The number of para-hydroxylation sites is 1. The monoisotopic (exact) mass is 456 g/mol. The Morgan fingerprint density at radius 3 is 2.59 bits per heavy atom. The van der Waals surface area contributed by atoms with Crippen LogP contribution in [0.3, 0.4) is 0 Å². The van der Waals surface area contributed by atoms with Gasteiger partial charge in [0.1, 0.15) is 5.25 Å². The minimum Gasteiger partial charge on any atom is -0.383 e. The van der Waals surface area contributed by atoms with Crippen molar-refractivity contribution in [2.45, 2.75) is 25.5 Å². The minimum absolute atomic E-state index is 0.0819. The molecule has 1 unspecified atom stereocenters. The van der Waals surface area contributed by atoms with E-state index in [-0.39, 0.29) is 18.0 Å². The van der Waals surface area contributed by atoms with Gasteiger partial charge >= 0.3 is 0 Å². The zero-order valence-electron chi connectivity index (χ0n) is 18.0. The molecule has 0 bridgehead atoms. The van der Waals surface area contributed by atoms with E-state index in [9.17, 15) is 19.7 Å². The number of amides is 2. The zero-order chi connectivity index (χ0) is 23.3. The summed E-state index contributed by atoms with van der Waals surface area (Å²) in [4.78, 5) is 42.3. The number of methoxy groups -OCH3 is 1. The quantitative estimate of drug-likeness (QED) is 0.477. The van der Waals surface area contributed by atoms with Crippen LogP contribution in [0.5, 0.6) is 0 Å². The molecule has 1 aliphatic rings. The molecule has 0 spiro atoms. The first-order valence-electron chi connectivity index (χ1n) is 9.96. The number of ether oxygens (including phenoxy) is 1. The van der Waals surface area contributed by atoms with Gasteiger partial charge in [-0.05, 0) is 31.0 Å². The smallest absolute Gasteiger partial charge is 0.271 e. The molecule has 0 saturated carbocycles. The van der Waals surface area contributed by atoms with Crippen molar-refractivity contribution in [2.24, 2.45) is 4.99 Å². The number of aliphatic imine (C=N–C) groups is 1. The van der Waals surface area contributed by atoms with Gasteiger partial charge in [-0.3, -0.25) is 24.6 Å². The average Bonchev–Trinajstić information content (AvgIpc) is 3.03. The average molecular weight is 457 g/mol. The summed E-state index contributed by atoms with van der Waals surface area (Å²) in [5.74, 6) is -0.623. The number of carbonyl (C=O) groups is 2. The maximum absolute atomic E-state index is 13.0. The van der Waals surface area contributed by atoms with Crippen LogP contribution in [0.25, 0.3) is 0 Å². The Balaban J connectivity index is 1.78. The van der Waals surface area contributed by atoms with Crippen molar-refractivity contribution in [1.29, 1.82) is 0 Å². The van der Waals surface area contributed by atoms with Crippen LogP contribution in [0.2, 0.25) is 0 Å². The summed E-state index contributed by atoms with van der Waals surface area (Å²) in [7, 11) is 1.56. The van der Waals surface area contributed by atoms with E-state index >= 15 is 0 Å². The van der Waals surface area contributed by atoms with Gasteiger partial charge in [0.2, 0.25) is 11.8 Å². The third-order valence-electron chi connectivity index (χ3n) is 4.90. The number of benzene rings is 2. The van der Waals surface area contributed by atoms with Gasteiger partial charge in [-0.15, -0.1) is 0 Å². The lowest BCUT2D eigenvalue weighted by molar-refractivity contribution is -0.384. The van der Waals surface area contributed by atoms with Gasteiger partial charge in [0, 0.05) is 31.4 Å². The Bertz CT molecular complexity index is 1050. The van der Waals surface area contributed by atoms with Crippen LogP contribution in [0.4, 0.5) is 17.1 Å². The van der Waals surface area contributed by atoms with Gasteiger partial charge in [0.15, 0.2) is 5.17 Å². The maximum atomic E-state index is 13.0. The van der Waals surface area contributed by atoms with Crippen molar-refractivity contribution in [3.63, 3.8) is 0 Å². The Labute approximate surface area is 190 Å². The van der Waals surface area contributed by atoms with Gasteiger partial charge in [-0.25, -0.2) is 4.99 Å². The van der Waals surface area contributed by atoms with Crippen molar-refractivity contribution in [1.82, 2.24) is 4.90 Å². The normalized spacial score (nSPS) is 17.1. The second kappa shape index (κ2) is 10.4. The molecule has 0 aliphatic carbocycles. The summed E-state index contributed by atoms with van der Waals surface area (Å²) >= 11 is 1.24. The Morgan fingerprint density at radius 2 is 1.94 bits per heavy atom. The van der Waals surface area contributed by atoms with Crippen molar-refractivity contribution in [2.75, 3.05) is 25.6 Å². The van der Waals surface area contributed by atoms with E-state index in [2.05, 4.69) is 5.32 Å². The third kappa shape index (κ3) is 5.51. The molecule has 9 nitrogen and oxygen atoms in total. The summed E-state index contributed by atoms with van der Waals surface area (Å²) < 4.78 is 5.13. The van der Waals surface area contributed by atoms with E-state index < -0.39 is 16.1 Å². The largest absolute Gasteiger partial charge is 0.383 e. The van der Waals surface area contributed by atoms with E-state index in [1.54, 1.807) is 18.1 Å². The Hall–Kier alpha value is -3.24. The number of carbonyl (C=O) groups excluding carboxylic acids is 2. The first-order chi connectivity index (χ1) is 15.3. The molecule has 0 aromatic heterocycles. The molecule has 1 N–H and O–H groups in total. The highest BCUT2D eigenvalue weighted by Crippen LogP contribution is 2.33. The van der Waals surface area contributed by atoms with Gasteiger partial charge < -0.3 is 10.1 Å². The first-order valence-corrected chi connectivity index (χ1v) is 10.8. The highest BCUT2D eigenvalue weighted by atomic mass is 32.2. The SMILES string of the molecule is COCCN1C(=O)C(CC(=O)Nc2cccc([N+](=O)[O-])c2)SC1=Nc1c(C)cccc1C. The first kappa shape index (κ1) is 23.4.